The Morgan fingerprint density at radius 3 is 1.57 bits per heavy atom. The van der Waals surface area contributed by atoms with Gasteiger partial charge in [0.2, 0.25) is 0 Å². The second-order valence-electron chi connectivity index (χ2n) is 12.2. The van der Waals surface area contributed by atoms with Crippen molar-refractivity contribution in [3.8, 4) is 44.5 Å². The summed E-state index contributed by atoms with van der Waals surface area (Å²) < 4.78 is 0. The topological polar surface area (TPSA) is 104 Å². The van der Waals surface area contributed by atoms with E-state index in [1.54, 1.807) is 0 Å². The molecule has 0 atom stereocenters. The number of hydrogen-bond acceptors (Lipinski definition) is 4. The van der Waals surface area contributed by atoms with Crippen LogP contribution < -0.4 is 23.2 Å². The fraction of sp³-hybridized carbons (Fsp3) is 0.0638. The molecule has 0 bridgehead atoms. The molecule has 4 nitrogen and oxygen atoms in total. The summed E-state index contributed by atoms with van der Waals surface area (Å²) >= 11 is 0. The Kier molecular flexibility index (Phi) is 12.7. The Labute approximate surface area is 302 Å². The van der Waals surface area contributed by atoms with Crippen molar-refractivity contribution < 1.29 is 0 Å². The van der Waals surface area contributed by atoms with Gasteiger partial charge in [0.25, 0.3) is 0 Å². The average molecular weight is 667 g/mol. The maximum atomic E-state index is 6.93. The summed E-state index contributed by atoms with van der Waals surface area (Å²) in [5.41, 5.74) is 28.2. The lowest BCUT2D eigenvalue weighted by Gasteiger charge is -2.17. The molecule has 7 aromatic rings. The van der Waals surface area contributed by atoms with Crippen molar-refractivity contribution in [2.75, 3.05) is 11.5 Å². The quantitative estimate of drug-likeness (QED) is 0.0772. The molecule has 0 heterocycles. The summed E-state index contributed by atoms with van der Waals surface area (Å²) in [6.45, 7) is 4.23. The average Bonchev–Trinajstić information content (AvgIpc) is 3.18. The zero-order chi connectivity index (χ0) is 36.0. The van der Waals surface area contributed by atoms with Crippen LogP contribution in [0.2, 0.25) is 0 Å². The van der Waals surface area contributed by atoms with Crippen LogP contribution in [-0.2, 0) is 6.42 Å². The smallest absolute Gasteiger partial charge is 0.0473 e. The van der Waals surface area contributed by atoms with E-state index in [9.17, 15) is 0 Å². The molecule has 4 heteroatoms. The van der Waals surface area contributed by atoms with Crippen LogP contribution in [0.15, 0.2) is 176 Å². The van der Waals surface area contributed by atoms with Crippen molar-refractivity contribution in [1.29, 1.82) is 0 Å². The van der Waals surface area contributed by atoms with Gasteiger partial charge in [0.15, 0.2) is 0 Å². The van der Waals surface area contributed by atoms with Gasteiger partial charge in [0.1, 0.15) is 0 Å². The molecule has 51 heavy (non-hydrogen) atoms. The van der Waals surface area contributed by atoms with Crippen LogP contribution in [0.5, 0.6) is 0 Å². The minimum absolute atomic E-state index is 0.799. The SMILES string of the molecule is C/C=C\c1c(-c2ccc(C)c(-c3ccccc3-c3ccccc3)c2)ccc(-c2ccc(Cc3ccccc3)cc2)c1N.NN.Nc1ccccc1. The number of benzene rings is 7. The van der Waals surface area contributed by atoms with E-state index in [0.29, 0.717) is 0 Å². The van der Waals surface area contributed by atoms with Crippen LogP contribution in [0.1, 0.15) is 29.2 Å². The monoisotopic (exact) mass is 666 g/mol. The molecule has 0 saturated carbocycles. The molecule has 0 aliphatic carbocycles. The normalized spacial score (nSPS) is 10.5. The van der Waals surface area contributed by atoms with E-state index < -0.39 is 0 Å². The molecule has 0 spiro atoms. The van der Waals surface area contributed by atoms with Gasteiger partial charge in [-0.25, -0.2) is 0 Å². The van der Waals surface area contributed by atoms with E-state index >= 15 is 0 Å². The van der Waals surface area contributed by atoms with E-state index in [0.717, 1.165) is 45.6 Å². The third kappa shape index (κ3) is 9.08. The maximum absolute atomic E-state index is 6.93. The van der Waals surface area contributed by atoms with E-state index in [4.69, 9.17) is 11.5 Å². The first-order valence-electron chi connectivity index (χ1n) is 17.1. The molecule has 0 fully saturated rings. The van der Waals surface area contributed by atoms with Crippen molar-refractivity contribution in [3.05, 3.63) is 198 Å². The van der Waals surface area contributed by atoms with Gasteiger partial charge in [-0.15, -0.1) is 0 Å². The highest BCUT2D eigenvalue weighted by molar-refractivity contribution is 5.93. The molecular weight excluding hydrogens is 621 g/mol. The number of para-hydroxylation sites is 1. The summed E-state index contributed by atoms with van der Waals surface area (Å²) in [6, 6.07) is 59.3. The van der Waals surface area contributed by atoms with Crippen molar-refractivity contribution in [2.45, 2.75) is 20.3 Å². The van der Waals surface area contributed by atoms with Crippen molar-refractivity contribution in [1.82, 2.24) is 0 Å². The number of aryl methyl sites for hydroxylation is 1. The van der Waals surface area contributed by atoms with Crippen LogP contribution >= 0.6 is 0 Å². The molecular formula is C47H46N4. The Morgan fingerprint density at radius 2 is 0.961 bits per heavy atom. The number of hydrazine groups is 1. The minimum atomic E-state index is 0.799. The predicted octanol–water partition coefficient (Wildman–Crippen LogP) is 11.0. The third-order valence-corrected chi connectivity index (χ3v) is 8.79. The summed E-state index contributed by atoms with van der Waals surface area (Å²) in [5.74, 6) is 8.00. The van der Waals surface area contributed by atoms with E-state index in [1.807, 2.05) is 37.3 Å². The van der Waals surface area contributed by atoms with Gasteiger partial charge in [-0.1, -0.05) is 164 Å². The Morgan fingerprint density at radius 1 is 0.451 bits per heavy atom. The number of allylic oxidation sites excluding steroid dienone is 1. The predicted molar refractivity (Wildman–Crippen MR) is 221 cm³/mol. The van der Waals surface area contributed by atoms with E-state index in [1.165, 1.54) is 38.9 Å². The fourth-order valence-corrected chi connectivity index (χ4v) is 6.24. The molecule has 0 aliphatic heterocycles. The first-order chi connectivity index (χ1) is 25.0. The molecule has 7 aromatic carbocycles. The number of anilines is 2. The van der Waals surface area contributed by atoms with E-state index in [2.05, 4.69) is 170 Å². The molecule has 254 valence electrons. The van der Waals surface area contributed by atoms with Crippen molar-refractivity contribution in [2.24, 2.45) is 11.7 Å². The Hall–Kier alpha value is -6.20. The lowest BCUT2D eigenvalue weighted by molar-refractivity contribution is 1.19. The van der Waals surface area contributed by atoms with Gasteiger partial charge in [0, 0.05) is 22.5 Å². The molecule has 0 amide bonds. The van der Waals surface area contributed by atoms with Gasteiger partial charge < -0.3 is 11.5 Å². The largest absolute Gasteiger partial charge is 0.399 e. The van der Waals surface area contributed by atoms with Crippen molar-refractivity contribution >= 4 is 17.5 Å². The number of rotatable bonds is 7. The van der Waals surface area contributed by atoms with Crippen LogP contribution in [0.3, 0.4) is 0 Å². The molecule has 0 aliphatic rings. The lowest BCUT2D eigenvalue weighted by atomic mass is 9.87. The maximum Gasteiger partial charge on any atom is 0.0473 e. The molecule has 0 saturated heterocycles. The Balaban J connectivity index is 0.000000495. The highest BCUT2D eigenvalue weighted by Gasteiger charge is 2.15. The number of nitrogens with two attached hydrogens (primary N) is 4. The summed E-state index contributed by atoms with van der Waals surface area (Å²) in [6.07, 6.45) is 5.12. The molecule has 0 radical (unpaired) electrons. The second kappa shape index (κ2) is 18.0. The van der Waals surface area contributed by atoms with Crippen LogP contribution in [0.25, 0.3) is 50.6 Å². The number of hydrogen-bond donors (Lipinski definition) is 4. The van der Waals surface area contributed by atoms with Crippen LogP contribution in [0.4, 0.5) is 11.4 Å². The van der Waals surface area contributed by atoms with Gasteiger partial charge in [-0.05, 0) is 94.1 Å². The summed E-state index contributed by atoms with van der Waals surface area (Å²) in [7, 11) is 0. The zero-order valence-corrected chi connectivity index (χ0v) is 29.3. The second-order valence-corrected chi connectivity index (χ2v) is 12.2. The third-order valence-electron chi connectivity index (χ3n) is 8.79. The van der Waals surface area contributed by atoms with Crippen LogP contribution in [-0.4, -0.2) is 0 Å². The van der Waals surface area contributed by atoms with Gasteiger partial charge in [-0.2, -0.15) is 0 Å². The minimum Gasteiger partial charge on any atom is -0.399 e. The van der Waals surface area contributed by atoms with E-state index in [-0.39, 0.29) is 0 Å². The Bertz CT molecular complexity index is 2160. The zero-order valence-electron chi connectivity index (χ0n) is 29.3. The molecule has 0 aromatic heterocycles. The van der Waals surface area contributed by atoms with Gasteiger partial charge >= 0.3 is 0 Å². The fourth-order valence-electron chi connectivity index (χ4n) is 6.24. The first-order valence-corrected chi connectivity index (χ1v) is 17.1. The van der Waals surface area contributed by atoms with Crippen LogP contribution in [0, 0.1) is 6.92 Å². The molecule has 0 unspecified atom stereocenters. The van der Waals surface area contributed by atoms with Gasteiger partial charge in [0.05, 0.1) is 0 Å². The van der Waals surface area contributed by atoms with Gasteiger partial charge in [-0.3, -0.25) is 11.7 Å². The first kappa shape index (κ1) is 36.1. The summed E-state index contributed by atoms with van der Waals surface area (Å²) in [5, 5.41) is 0. The van der Waals surface area contributed by atoms with Crippen molar-refractivity contribution in [3.63, 3.8) is 0 Å². The standard InChI is InChI=1S/C41H35N.C6H7N.H4N2/c1-3-12-39-36(25-26-37(41(39)42)33-23-20-31(21-24-33)27-30-13-6-4-7-14-30)34-22-19-29(2)40(28-34)38-18-11-10-17-35(38)32-15-8-5-9-16-32;7-6-4-2-1-3-5-6;1-2/h3-26,28H,27,42H2,1-2H3;1-5H,7H2;1-2H2/b12-3-;;. The molecule has 8 N–H and O–H groups in total. The highest BCUT2D eigenvalue weighted by atomic mass is 15.0. The number of nitrogen functional groups attached to an aromatic ring is 2. The highest BCUT2D eigenvalue weighted by Crippen LogP contribution is 2.40. The lowest BCUT2D eigenvalue weighted by Crippen LogP contribution is -2.02. The summed E-state index contributed by atoms with van der Waals surface area (Å²) in [4.78, 5) is 0. The molecule has 7 rings (SSSR count).